The van der Waals surface area contributed by atoms with Crippen LogP contribution in [0.5, 0.6) is 0 Å². The van der Waals surface area contributed by atoms with E-state index in [1.807, 2.05) is 123 Å². The topological polar surface area (TPSA) is 280 Å². The number of aldehydes is 1. The summed E-state index contributed by atoms with van der Waals surface area (Å²) in [5, 5.41) is 12.3. The first-order valence-corrected chi connectivity index (χ1v) is 21.2. The van der Waals surface area contributed by atoms with Crippen molar-refractivity contribution in [1.82, 2.24) is 54.8 Å². The molecular weight excluding hydrogens is 869 g/mol. The van der Waals surface area contributed by atoms with Gasteiger partial charge in [-0.15, -0.1) is 0 Å². The third-order valence-electron chi connectivity index (χ3n) is 9.34. The molecule has 0 radical (unpaired) electrons. The molecule has 5 N–H and O–H groups in total. The van der Waals surface area contributed by atoms with Gasteiger partial charge in [-0.1, -0.05) is 5.11 Å². The van der Waals surface area contributed by atoms with Crippen LogP contribution in [-0.4, -0.2) is 66.2 Å². The van der Waals surface area contributed by atoms with E-state index in [0.29, 0.717) is 17.9 Å². The lowest BCUT2D eigenvalue weighted by molar-refractivity contribution is 0.111. The lowest BCUT2D eigenvalue weighted by Gasteiger charge is -1.97. The van der Waals surface area contributed by atoms with E-state index in [2.05, 4.69) is 64.8 Å². The Kier molecular flexibility index (Phi) is 18.5. The maximum absolute atomic E-state index is 10.4. The van der Waals surface area contributed by atoms with Gasteiger partial charge in [-0.05, 0) is 153 Å². The Labute approximate surface area is 396 Å². The second-order valence-electron chi connectivity index (χ2n) is 14.4. The van der Waals surface area contributed by atoms with Crippen molar-refractivity contribution in [3.63, 3.8) is 0 Å². The molecule has 11 aromatic rings. The zero-order valence-electron chi connectivity index (χ0n) is 37.6. The van der Waals surface area contributed by atoms with Gasteiger partial charge in [0.1, 0.15) is 5.69 Å². The maximum Gasteiger partial charge on any atom is 0.168 e. The van der Waals surface area contributed by atoms with Crippen molar-refractivity contribution in [2.45, 2.75) is 33.5 Å². The van der Waals surface area contributed by atoms with E-state index in [1.165, 1.54) is 0 Å². The smallest absolute Gasteiger partial charge is 0.168 e. The molecule has 0 atom stereocenters. The number of azide groups is 1. The number of fused-ring (bicyclic) bond motifs is 5. The molecule has 11 aromatic heterocycles. The summed E-state index contributed by atoms with van der Waals surface area (Å²) in [6.45, 7) is 4.64. The molecule has 18 nitrogen and oxygen atoms in total. The summed E-state index contributed by atoms with van der Waals surface area (Å²) in [6, 6.07) is 40.9. The van der Waals surface area contributed by atoms with Crippen LogP contribution in [0.4, 0.5) is 5.69 Å². The van der Waals surface area contributed by atoms with Gasteiger partial charge in [0.05, 0.1) is 91.6 Å². The molecule has 11 heterocycles. The van der Waals surface area contributed by atoms with Gasteiger partial charge in [0.25, 0.3) is 0 Å². The molecule has 0 spiro atoms. The molecule has 0 aliphatic rings. The first kappa shape index (κ1) is 49.1. The number of carbonyl (C=O) groups excluding carboxylic acids is 1. The summed E-state index contributed by atoms with van der Waals surface area (Å²) in [5.41, 5.74) is 33.1. The average molecular weight is 915 g/mol. The highest BCUT2D eigenvalue weighted by molar-refractivity contribution is 5.80. The molecule has 0 bridgehead atoms. The van der Waals surface area contributed by atoms with E-state index < -0.39 is 0 Å². The van der Waals surface area contributed by atoms with E-state index in [4.69, 9.17) is 22.1 Å². The number of anilines is 1. The lowest BCUT2D eigenvalue weighted by atomic mass is 10.3. The van der Waals surface area contributed by atoms with E-state index in [1.54, 1.807) is 61.4 Å². The Balaban J connectivity index is 0.000000137. The number of hydrogen-bond acceptors (Lipinski definition) is 16. The van der Waals surface area contributed by atoms with Gasteiger partial charge in [-0.2, -0.15) is 0 Å². The monoisotopic (exact) mass is 914 g/mol. The predicted molar refractivity (Wildman–Crippen MR) is 268 cm³/mol. The van der Waals surface area contributed by atoms with Crippen molar-refractivity contribution in [3.8, 4) is 0 Å². The van der Waals surface area contributed by atoms with Gasteiger partial charge in [-0.3, -0.25) is 44.7 Å². The van der Waals surface area contributed by atoms with E-state index in [9.17, 15) is 4.79 Å². The molecule has 0 aromatic carbocycles. The van der Waals surface area contributed by atoms with Gasteiger partial charge < -0.3 is 16.6 Å². The van der Waals surface area contributed by atoms with Gasteiger partial charge >= 0.3 is 0 Å². The van der Waals surface area contributed by atoms with Crippen LogP contribution in [0.2, 0.25) is 0 Å². The summed E-state index contributed by atoms with van der Waals surface area (Å²) in [6.07, 6.45) is 11.1. The van der Waals surface area contributed by atoms with Crippen molar-refractivity contribution < 1.29 is 9.90 Å². The van der Waals surface area contributed by atoms with Gasteiger partial charge in [0, 0.05) is 59.5 Å². The van der Waals surface area contributed by atoms with Crippen LogP contribution < -0.4 is 11.5 Å². The van der Waals surface area contributed by atoms with Crippen molar-refractivity contribution in [2.75, 3.05) is 5.73 Å². The highest BCUT2D eigenvalue weighted by Crippen LogP contribution is 2.12. The summed E-state index contributed by atoms with van der Waals surface area (Å²) >= 11 is 0. The third-order valence-corrected chi connectivity index (χ3v) is 9.34. The number of rotatable bonds is 5. The van der Waals surface area contributed by atoms with Crippen LogP contribution in [0.25, 0.3) is 65.6 Å². The minimum absolute atomic E-state index is 0.0230. The SMILES string of the molecule is Cc1ccc(N)cn1.Cc1ccc2ncccc2n1.NCc1ccc2ncccc2n1.O=Cc1ccc2ncccc2n1.OCc1ccc2ncccc2n1.[N-]=[N+]=NCc1ccc2ncccc2n1. The average Bonchev–Trinajstić information content (AvgIpc) is 3.41. The quantitative estimate of drug-likeness (QED) is 0.0628. The van der Waals surface area contributed by atoms with Crippen molar-refractivity contribution in [3.05, 3.63) is 215 Å². The molecule has 0 saturated carbocycles. The molecule has 11 rings (SSSR count). The number of pyridine rings is 11. The molecule has 342 valence electrons. The molecule has 0 fully saturated rings. The first-order valence-electron chi connectivity index (χ1n) is 21.2. The Morgan fingerprint density at radius 1 is 0.507 bits per heavy atom. The Morgan fingerprint density at radius 3 is 1.38 bits per heavy atom. The fraction of sp³-hybridized carbons (Fsp3) is 0.0980. The molecule has 69 heavy (non-hydrogen) atoms. The fourth-order valence-electron chi connectivity index (χ4n) is 5.97. The second kappa shape index (κ2) is 26.0. The van der Waals surface area contributed by atoms with E-state index in [-0.39, 0.29) is 13.2 Å². The van der Waals surface area contributed by atoms with Crippen LogP contribution in [0.3, 0.4) is 0 Å². The van der Waals surface area contributed by atoms with Crippen LogP contribution >= 0.6 is 0 Å². The van der Waals surface area contributed by atoms with Gasteiger partial charge in [0.2, 0.25) is 0 Å². The first-order chi connectivity index (χ1) is 33.7. The maximum atomic E-state index is 10.4. The van der Waals surface area contributed by atoms with Gasteiger partial charge in [0.15, 0.2) is 6.29 Å². The number of aliphatic hydroxyl groups is 1. The fourth-order valence-corrected chi connectivity index (χ4v) is 5.97. The summed E-state index contributed by atoms with van der Waals surface area (Å²) in [7, 11) is 0. The lowest BCUT2D eigenvalue weighted by Crippen LogP contribution is -1.99. The number of aromatic nitrogens is 11. The number of aryl methyl sites for hydroxylation is 2. The van der Waals surface area contributed by atoms with Crippen molar-refractivity contribution in [2.24, 2.45) is 10.8 Å². The van der Waals surface area contributed by atoms with Gasteiger partial charge in [-0.25, -0.2) is 15.0 Å². The highest BCUT2D eigenvalue weighted by atomic mass is 16.3. The van der Waals surface area contributed by atoms with Crippen LogP contribution in [0, 0.1) is 13.8 Å². The number of aliphatic hydroxyl groups excluding tert-OH is 1. The Bertz CT molecular complexity index is 3340. The summed E-state index contributed by atoms with van der Waals surface area (Å²) < 4.78 is 0. The van der Waals surface area contributed by atoms with Crippen molar-refractivity contribution in [1.29, 1.82) is 0 Å². The number of nitrogens with two attached hydrogens (primary N) is 2. The van der Waals surface area contributed by atoms with Crippen LogP contribution in [0.1, 0.15) is 39.0 Å². The van der Waals surface area contributed by atoms with E-state index in [0.717, 1.165) is 89.9 Å². The highest BCUT2D eigenvalue weighted by Gasteiger charge is 1.99. The van der Waals surface area contributed by atoms with Crippen LogP contribution in [0.15, 0.2) is 176 Å². The number of nitrogens with zero attached hydrogens (tertiary/aromatic N) is 14. The van der Waals surface area contributed by atoms with E-state index >= 15 is 0 Å². The number of hydrogen-bond donors (Lipinski definition) is 3. The Morgan fingerprint density at radius 2 is 0.928 bits per heavy atom. The Hall–Kier alpha value is -9.35. The summed E-state index contributed by atoms with van der Waals surface area (Å²) in [4.78, 5) is 58.8. The van der Waals surface area contributed by atoms with Crippen molar-refractivity contribution >= 4 is 67.1 Å². The normalized spacial score (nSPS) is 10.0. The zero-order valence-corrected chi connectivity index (χ0v) is 37.6. The molecule has 0 aliphatic carbocycles. The summed E-state index contributed by atoms with van der Waals surface area (Å²) in [5.74, 6) is 0. The molecule has 0 unspecified atom stereocenters. The predicted octanol–water partition coefficient (Wildman–Crippen LogP) is 9.00. The third kappa shape index (κ3) is 15.4. The molecule has 18 heteroatoms. The zero-order chi connectivity index (χ0) is 48.6. The van der Waals surface area contributed by atoms with Crippen LogP contribution in [-0.2, 0) is 19.7 Å². The molecule has 0 aliphatic heterocycles. The largest absolute Gasteiger partial charge is 0.397 e. The minimum Gasteiger partial charge on any atom is -0.397 e. The number of nitrogen functional groups attached to an aromatic ring is 1. The minimum atomic E-state index is -0.0230. The number of carbonyl (C=O) groups is 1. The molecular formula is C51H46N16O2. The molecule has 0 saturated heterocycles. The second-order valence-corrected chi connectivity index (χ2v) is 14.4. The standard InChI is InChI=1S/C9H7N5.C9H9N3.C9H8N2O.C9H6N2O.C9H8N2.C6H8N2/c10-14-12-6-7-3-4-8-9(13-7)2-1-5-11-8;10-6-7-3-4-8-9(12-7)2-1-5-11-8;2*12-6-7-3-4-8-9(11-7)2-1-5-10-8;1-7-4-5-8-9(11-7)3-2-6-10-8;1-5-2-3-6(7)4-8-5/h1-5H,6H2;1-5H,6,10H2;1-5,12H,6H2;1-6H;2-6H,1H3;2-4H,7H2,1H3. The molecule has 0 amide bonds.